The second-order valence-electron chi connectivity index (χ2n) is 11.8. The molecule has 232 valence electrons. The second kappa shape index (κ2) is 16.7. The van der Waals surface area contributed by atoms with Crippen LogP contribution in [0.2, 0.25) is 0 Å². The highest BCUT2D eigenvalue weighted by Gasteiger charge is 2.41. The molecule has 9 nitrogen and oxygen atoms in total. The maximum atomic E-state index is 13.7. The number of carbonyl (C=O) groups is 4. The molecule has 1 saturated heterocycles. The quantitative estimate of drug-likeness (QED) is 0.244. The molecule has 0 spiro atoms. The summed E-state index contributed by atoms with van der Waals surface area (Å²) in [5, 5.41) is 2.97. The Morgan fingerprint density at radius 2 is 1.70 bits per heavy atom. The molecule has 0 saturated carbocycles. The van der Waals surface area contributed by atoms with E-state index in [0.29, 0.717) is 37.8 Å². The minimum Gasteiger partial charge on any atom is -0.458 e. The number of piperidine rings is 1. The van der Waals surface area contributed by atoms with Crippen LogP contribution in [0.15, 0.2) is 48.5 Å². The van der Waals surface area contributed by atoms with Crippen LogP contribution in [-0.4, -0.2) is 66.6 Å². The number of nitrogens with one attached hydrogen (secondary N) is 1. The predicted octanol–water partition coefficient (Wildman–Crippen LogP) is 4.07. The minimum absolute atomic E-state index is 0.0237. The monoisotopic (exact) mass is 592 g/mol. The van der Waals surface area contributed by atoms with Gasteiger partial charge in [0.1, 0.15) is 18.7 Å². The van der Waals surface area contributed by atoms with Crippen molar-refractivity contribution in [1.29, 1.82) is 0 Å². The summed E-state index contributed by atoms with van der Waals surface area (Å²) in [6, 6.07) is 18.7. The number of likely N-dealkylation sites (N-methyl/N-ethyl adjacent to an activating group) is 1. The van der Waals surface area contributed by atoms with E-state index in [9.17, 15) is 19.2 Å². The molecule has 4 atom stereocenters. The van der Waals surface area contributed by atoms with Crippen molar-refractivity contribution < 1.29 is 33.4 Å². The van der Waals surface area contributed by atoms with Crippen molar-refractivity contribution in [1.82, 2.24) is 10.2 Å². The Bertz CT molecular complexity index is 1190. The number of benzene rings is 1. The van der Waals surface area contributed by atoms with E-state index in [0.717, 1.165) is 5.56 Å². The van der Waals surface area contributed by atoms with Gasteiger partial charge in [-0.15, -0.1) is 0 Å². The Hall–Kier alpha value is -3.90. The molecule has 2 aromatic rings. The van der Waals surface area contributed by atoms with Crippen molar-refractivity contribution in [3.63, 3.8) is 0 Å². The van der Waals surface area contributed by atoms with Crippen molar-refractivity contribution in [2.75, 3.05) is 13.6 Å². The Kier molecular flexibility index (Phi) is 13.0. The first-order valence-corrected chi connectivity index (χ1v) is 15.1. The number of nitrogens with zero attached hydrogens (tertiary/aromatic N) is 1. The van der Waals surface area contributed by atoms with Gasteiger partial charge in [-0.2, -0.15) is 0 Å². The van der Waals surface area contributed by atoms with Crippen LogP contribution in [0.3, 0.4) is 0 Å². The van der Waals surface area contributed by atoms with Crippen LogP contribution < -0.4 is 5.32 Å². The van der Waals surface area contributed by atoms with E-state index in [2.05, 4.69) is 17.4 Å². The molecular formula is C34H44N2O7. The molecule has 1 aliphatic rings. The van der Waals surface area contributed by atoms with Gasteiger partial charge < -0.3 is 24.4 Å². The highest BCUT2D eigenvalue weighted by atomic mass is 16.6. The lowest BCUT2D eigenvalue weighted by atomic mass is 9.98. The van der Waals surface area contributed by atoms with E-state index >= 15 is 0 Å². The first-order chi connectivity index (χ1) is 20.6. The van der Waals surface area contributed by atoms with Crippen LogP contribution in [0.25, 0.3) is 0 Å². The number of hydrogen-bond donors (Lipinski definition) is 1. The first-order valence-electron chi connectivity index (χ1n) is 15.1. The summed E-state index contributed by atoms with van der Waals surface area (Å²) in [6.45, 7) is 8.23. The molecule has 0 aliphatic carbocycles. The van der Waals surface area contributed by atoms with Crippen LogP contribution in [0.5, 0.6) is 0 Å². The van der Waals surface area contributed by atoms with E-state index in [1.54, 1.807) is 25.2 Å². The largest absolute Gasteiger partial charge is 0.458 e. The van der Waals surface area contributed by atoms with Crippen molar-refractivity contribution in [3.05, 3.63) is 71.8 Å². The zero-order valence-corrected chi connectivity index (χ0v) is 25.8. The molecule has 2 aromatic carbocycles. The number of carbonyl (C=O) groups excluding carboxylic acids is 4. The highest BCUT2D eigenvalue weighted by Crippen LogP contribution is 2.24. The minimum atomic E-state index is -1.25. The van der Waals surface area contributed by atoms with E-state index in [1.165, 1.54) is 4.90 Å². The molecule has 3 rings (SSSR count). The lowest BCUT2D eigenvalue weighted by Crippen LogP contribution is -2.55. The zero-order chi connectivity index (χ0) is 31.4. The van der Waals surface area contributed by atoms with E-state index in [4.69, 9.17) is 14.2 Å². The third-order valence-electron chi connectivity index (χ3n) is 7.23. The maximum absolute atomic E-state index is 13.7. The van der Waals surface area contributed by atoms with Gasteiger partial charge in [-0.1, -0.05) is 76.2 Å². The maximum Gasteiger partial charge on any atom is 0.348 e. The Morgan fingerprint density at radius 1 is 0.977 bits per heavy atom. The van der Waals surface area contributed by atoms with Gasteiger partial charge in [-0.05, 0) is 62.3 Å². The van der Waals surface area contributed by atoms with Crippen molar-refractivity contribution in [3.8, 4) is 0 Å². The summed E-state index contributed by atoms with van der Waals surface area (Å²) in [4.78, 5) is 54.9. The molecule has 0 aromatic heterocycles. The Morgan fingerprint density at radius 3 is 2.33 bits per heavy atom. The molecule has 1 N–H and O–H groups in total. The smallest absolute Gasteiger partial charge is 0.348 e. The normalized spacial score (nSPS) is 17.1. The summed E-state index contributed by atoms with van der Waals surface area (Å²) in [7, 11) is 1.69. The molecule has 1 aliphatic heterocycles. The fourth-order valence-corrected chi connectivity index (χ4v) is 5.03. The van der Waals surface area contributed by atoms with Crippen LogP contribution in [0.1, 0.15) is 64.5 Å². The first kappa shape index (κ1) is 33.6. The molecule has 1 amide bonds. The van der Waals surface area contributed by atoms with Crippen LogP contribution in [0, 0.1) is 24.0 Å². The number of likely N-dealkylation sites (tertiary alicyclic amines) is 1. The van der Waals surface area contributed by atoms with Gasteiger partial charge >= 0.3 is 17.9 Å². The summed E-state index contributed by atoms with van der Waals surface area (Å²) in [5.41, 5.74) is 1.42. The van der Waals surface area contributed by atoms with E-state index in [-0.39, 0.29) is 24.9 Å². The van der Waals surface area contributed by atoms with Crippen LogP contribution in [0.4, 0.5) is 0 Å². The van der Waals surface area contributed by atoms with Gasteiger partial charge in [-0.25, -0.2) is 9.59 Å². The van der Waals surface area contributed by atoms with Crippen molar-refractivity contribution in [2.45, 2.75) is 90.7 Å². The fraction of sp³-hybridized carbons (Fsp3) is 0.529. The van der Waals surface area contributed by atoms with Gasteiger partial charge in [0.05, 0.1) is 0 Å². The van der Waals surface area contributed by atoms with E-state index in [1.807, 2.05) is 58.0 Å². The fourth-order valence-electron chi connectivity index (χ4n) is 5.03. The number of ether oxygens (including phenoxy) is 3. The van der Waals surface area contributed by atoms with Gasteiger partial charge in [0.25, 0.3) is 5.91 Å². The number of esters is 3. The van der Waals surface area contributed by atoms with Crippen molar-refractivity contribution >= 4 is 23.8 Å². The molecule has 1 heterocycles. The summed E-state index contributed by atoms with van der Waals surface area (Å²) < 4.78 is 17.0. The highest BCUT2D eigenvalue weighted by molar-refractivity contribution is 5.90. The molecule has 0 radical (unpaired) electrons. The Balaban J connectivity index is 1.77. The molecule has 0 bridgehead atoms. The summed E-state index contributed by atoms with van der Waals surface area (Å²) >= 11 is 0. The lowest BCUT2D eigenvalue weighted by molar-refractivity contribution is -0.177. The van der Waals surface area contributed by atoms with E-state index < -0.39 is 48.1 Å². The molecule has 43 heavy (non-hydrogen) atoms. The topological polar surface area (TPSA) is 111 Å². The molecule has 9 heteroatoms. The summed E-state index contributed by atoms with van der Waals surface area (Å²) in [6.07, 6.45) is -0.392. The van der Waals surface area contributed by atoms with Crippen molar-refractivity contribution in [2.24, 2.45) is 11.8 Å². The zero-order valence-electron chi connectivity index (χ0n) is 25.8. The van der Waals surface area contributed by atoms with Gasteiger partial charge in [0.2, 0.25) is 6.10 Å². The molecule has 1 fully saturated rings. The van der Waals surface area contributed by atoms with Crippen LogP contribution in [-0.2, 0) is 46.4 Å². The second-order valence-corrected chi connectivity index (χ2v) is 11.8. The lowest BCUT2D eigenvalue weighted by Gasteiger charge is -2.37. The predicted molar refractivity (Wildman–Crippen MR) is 160 cm³/mol. The third-order valence-corrected chi connectivity index (χ3v) is 7.23. The summed E-state index contributed by atoms with van der Waals surface area (Å²) in [5.74, 6) is -2.03. The average Bonchev–Trinajstić information content (AvgIpc) is 2.99. The number of hydrogen-bond acceptors (Lipinski definition) is 8. The van der Waals surface area contributed by atoms with Gasteiger partial charge in [-0.3, -0.25) is 9.59 Å². The standard InChI is InChI=1S/C34H44N2O7/c1-23(2)19-27(35-5)32(38)42-29-17-12-18-36(31(29)37)28(20-24(3)4)33(39)43-30(21-25-13-8-6-9-14-25)34(40)41-22-26-15-10-7-11-16-26/h6-8,10-11,13,15-16,23-24,27-30,35H,12,17-22H2,1-5H3/t27-,28-,29+,30+/m0/s1. The number of rotatable bonds is 15. The number of amides is 1. The Labute approximate surface area is 255 Å². The average molecular weight is 593 g/mol. The molecule has 0 unspecified atom stereocenters. The van der Waals surface area contributed by atoms with Crippen LogP contribution >= 0.6 is 0 Å². The SMILES string of the molecule is CN[C@@H](CC(C)C)C(=O)O[C@@H]1CCCN([C@@H](CC(C)C)C(=O)O[C@H](Cc2c#cccc2)C(=O)OCc2ccccc2)C1=O. The van der Waals surface area contributed by atoms with Gasteiger partial charge in [0.15, 0.2) is 6.10 Å². The van der Waals surface area contributed by atoms with Gasteiger partial charge in [0, 0.05) is 18.5 Å². The molecular weight excluding hydrogens is 548 g/mol. The third kappa shape index (κ3) is 10.4.